The maximum Gasteiger partial charge on any atom is 0.311 e. The van der Waals surface area contributed by atoms with Crippen LogP contribution in [0.25, 0.3) is 0 Å². The fourth-order valence-electron chi connectivity index (χ4n) is 3.29. The van der Waals surface area contributed by atoms with Gasteiger partial charge in [0.15, 0.2) is 0 Å². The van der Waals surface area contributed by atoms with E-state index in [9.17, 15) is 29.6 Å². The van der Waals surface area contributed by atoms with Crippen LogP contribution in [0.2, 0.25) is 0 Å². The van der Waals surface area contributed by atoms with E-state index in [1.54, 1.807) is 0 Å². The molecule has 9 heteroatoms. The number of aliphatic carboxylic acids is 1. The number of amides is 2. The summed E-state index contributed by atoms with van der Waals surface area (Å²) >= 11 is 0. The van der Waals surface area contributed by atoms with Gasteiger partial charge in [-0.2, -0.15) is 0 Å². The van der Waals surface area contributed by atoms with Gasteiger partial charge in [-0.1, -0.05) is 19.9 Å². The summed E-state index contributed by atoms with van der Waals surface area (Å²) in [5.41, 5.74) is -1.13. The number of benzene rings is 1. The predicted molar refractivity (Wildman–Crippen MR) is 96.1 cm³/mol. The summed E-state index contributed by atoms with van der Waals surface area (Å²) in [4.78, 5) is 48.3. The Hall–Kier alpha value is -2.97. The van der Waals surface area contributed by atoms with Crippen LogP contribution in [-0.4, -0.2) is 51.8 Å². The van der Waals surface area contributed by atoms with Gasteiger partial charge in [0.1, 0.15) is 6.04 Å². The molecule has 0 bridgehead atoms. The predicted octanol–water partition coefficient (Wildman–Crippen LogP) is 1.67. The standard InChI is InChI=1S/C18H23N3O6/c1-11(2)18(17(24)25)7-8-20(10-18)16(23)12(3)19-15(22)13-5-4-6-14(9-13)21(26)27/h4-6,9,11-12H,7-8,10H2,1-3H3,(H,19,22)(H,24,25). The minimum Gasteiger partial charge on any atom is -0.481 e. The topological polar surface area (TPSA) is 130 Å². The van der Waals surface area contributed by atoms with E-state index in [-0.39, 0.29) is 29.6 Å². The zero-order valence-corrected chi connectivity index (χ0v) is 15.5. The summed E-state index contributed by atoms with van der Waals surface area (Å²) in [7, 11) is 0. The van der Waals surface area contributed by atoms with Crippen LogP contribution in [0.4, 0.5) is 5.69 Å². The second-order valence-corrected chi connectivity index (χ2v) is 7.13. The Bertz CT molecular complexity index is 778. The van der Waals surface area contributed by atoms with E-state index in [4.69, 9.17) is 0 Å². The summed E-state index contributed by atoms with van der Waals surface area (Å²) in [5.74, 6) is -2.05. The quantitative estimate of drug-likeness (QED) is 0.573. The number of nitrogens with one attached hydrogen (secondary N) is 1. The molecule has 1 fully saturated rings. The first-order chi connectivity index (χ1) is 12.6. The molecular weight excluding hydrogens is 354 g/mol. The highest BCUT2D eigenvalue weighted by Gasteiger charge is 2.48. The largest absolute Gasteiger partial charge is 0.481 e. The van der Waals surface area contributed by atoms with Crippen LogP contribution in [0.3, 0.4) is 0 Å². The third-order valence-corrected chi connectivity index (χ3v) is 5.18. The Kier molecular flexibility index (Phi) is 5.82. The van der Waals surface area contributed by atoms with E-state index in [0.29, 0.717) is 13.0 Å². The molecule has 2 N–H and O–H groups in total. The van der Waals surface area contributed by atoms with Crippen molar-refractivity contribution in [3.05, 3.63) is 39.9 Å². The van der Waals surface area contributed by atoms with Gasteiger partial charge in [-0.25, -0.2) is 0 Å². The highest BCUT2D eigenvalue weighted by atomic mass is 16.6. The van der Waals surface area contributed by atoms with Gasteiger partial charge in [0, 0.05) is 30.8 Å². The van der Waals surface area contributed by atoms with Crippen molar-refractivity contribution >= 4 is 23.5 Å². The van der Waals surface area contributed by atoms with E-state index in [0.717, 1.165) is 6.07 Å². The number of hydrogen-bond acceptors (Lipinski definition) is 5. The van der Waals surface area contributed by atoms with Gasteiger partial charge in [-0.15, -0.1) is 0 Å². The molecule has 1 aliphatic rings. The number of carbonyl (C=O) groups excluding carboxylic acids is 2. The number of nitrogens with zero attached hydrogens (tertiary/aromatic N) is 2. The average Bonchev–Trinajstić information content (AvgIpc) is 3.08. The number of rotatable bonds is 6. The van der Waals surface area contributed by atoms with Crippen molar-refractivity contribution in [1.29, 1.82) is 0 Å². The maximum absolute atomic E-state index is 12.6. The molecule has 9 nitrogen and oxygen atoms in total. The van der Waals surface area contributed by atoms with Gasteiger partial charge in [0.2, 0.25) is 5.91 Å². The van der Waals surface area contributed by atoms with Gasteiger partial charge in [-0.05, 0) is 25.3 Å². The molecule has 1 heterocycles. The summed E-state index contributed by atoms with van der Waals surface area (Å²) in [6, 6.07) is 4.34. The number of hydrogen-bond donors (Lipinski definition) is 2. The Labute approximate surface area is 156 Å². The number of nitro groups is 1. The molecule has 0 saturated carbocycles. The van der Waals surface area contributed by atoms with Crippen molar-refractivity contribution in [2.75, 3.05) is 13.1 Å². The summed E-state index contributed by atoms with van der Waals surface area (Å²) in [5, 5.41) is 22.9. The molecule has 27 heavy (non-hydrogen) atoms. The zero-order chi connectivity index (χ0) is 20.4. The van der Waals surface area contributed by atoms with Gasteiger partial charge >= 0.3 is 5.97 Å². The van der Waals surface area contributed by atoms with Gasteiger partial charge in [-0.3, -0.25) is 24.5 Å². The lowest BCUT2D eigenvalue weighted by Crippen LogP contribution is -2.48. The minimum absolute atomic E-state index is 0.0762. The maximum atomic E-state index is 12.6. The highest BCUT2D eigenvalue weighted by Crippen LogP contribution is 2.38. The van der Waals surface area contributed by atoms with Crippen LogP contribution in [-0.2, 0) is 9.59 Å². The van der Waals surface area contributed by atoms with Crippen molar-refractivity contribution in [2.45, 2.75) is 33.2 Å². The van der Waals surface area contributed by atoms with Crippen molar-refractivity contribution in [2.24, 2.45) is 11.3 Å². The van der Waals surface area contributed by atoms with Gasteiger partial charge in [0.05, 0.1) is 10.3 Å². The van der Waals surface area contributed by atoms with E-state index < -0.39 is 28.3 Å². The zero-order valence-electron chi connectivity index (χ0n) is 15.5. The molecule has 0 radical (unpaired) electrons. The fraction of sp³-hybridized carbons (Fsp3) is 0.500. The first kappa shape index (κ1) is 20.3. The lowest BCUT2D eigenvalue weighted by molar-refractivity contribution is -0.384. The van der Waals surface area contributed by atoms with Crippen LogP contribution in [0.5, 0.6) is 0 Å². The average molecular weight is 377 g/mol. The van der Waals surface area contributed by atoms with E-state index in [1.165, 1.54) is 30.0 Å². The normalized spacial score (nSPS) is 20.4. The molecule has 1 saturated heterocycles. The number of carboxylic acids is 1. The first-order valence-corrected chi connectivity index (χ1v) is 8.66. The SMILES string of the molecule is CC(NC(=O)c1cccc([N+](=O)[O-])c1)C(=O)N1CCC(C(=O)O)(C(C)C)C1. The van der Waals surface area contributed by atoms with Crippen molar-refractivity contribution in [3.8, 4) is 0 Å². The van der Waals surface area contributed by atoms with Gasteiger partial charge in [0.25, 0.3) is 11.6 Å². The summed E-state index contributed by atoms with van der Waals surface area (Å²) in [6.07, 6.45) is 0.358. The summed E-state index contributed by atoms with van der Waals surface area (Å²) in [6.45, 7) is 5.54. The third kappa shape index (κ3) is 4.07. The Morgan fingerprint density at radius 3 is 2.48 bits per heavy atom. The third-order valence-electron chi connectivity index (χ3n) is 5.18. The molecule has 0 aliphatic carbocycles. The van der Waals surface area contributed by atoms with E-state index in [1.807, 2.05) is 13.8 Å². The van der Waals surface area contributed by atoms with Crippen molar-refractivity contribution in [1.82, 2.24) is 10.2 Å². The molecular formula is C18H23N3O6. The molecule has 1 aliphatic heterocycles. The lowest BCUT2D eigenvalue weighted by atomic mass is 9.76. The molecule has 0 spiro atoms. The molecule has 2 rings (SSSR count). The summed E-state index contributed by atoms with van der Waals surface area (Å²) < 4.78 is 0. The molecule has 2 unspecified atom stereocenters. The Morgan fingerprint density at radius 2 is 1.96 bits per heavy atom. The second-order valence-electron chi connectivity index (χ2n) is 7.13. The van der Waals surface area contributed by atoms with E-state index >= 15 is 0 Å². The number of likely N-dealkylation sites (tertiary alicyclic amines) is 1. The molecule has 0 aromatic heterocycles. The smallest absolute Gasteiger partial charge is 0.311 e. The molecule has 2 amide bonds. The Morgan fingerprint density at radius 1 is 1.30 bits per heavy atom. The number of nitro benzene ring substituents is 1. The van der Waals surface area contributed by atoms with Crippen LogP contribution in [0.1, 0.15) is 37.6 Å². The number of non-ortho nitro benzene ring substituents is 1. The van der Waals surface area contributed by atoms with Crippen molar-refractivity contribution < 1.29 is 24.4 Å². The van der Waals surface area contributed by atoms with Crippen molar-refractivity contribution in [3.63, 3.8) is 0 Å². The molecule has 2 atom stereocenters. The highest BCUT2D eigenvalue weighted by molar-refractivity contribution is 5.98. The van der Waals surface area contributed by atoms with Crippen LogP contribution in [0, 0.1) is 21.4 Å². The molecule has 1 aromatic carbocycles. The number of carbonyl (C=O) groups is 3. The minimum atomic E-state index is -0.987. The second kappa shape index (κ2) is 7.73. The van der Waals surface area contributed by atoms with Crippen LogP contribution < -0.4 is 5.32 Å². The molecule has 1 aromatic rings. The Balaban J connectivity index is 2.06. The van der Waals surface area contributed by atoms with E-state index in [2.05, 4.69) is 5.32 Å². The number of carboxylic acid groups (broad SMARTS) is 1. The first-order valence-electron chi connectivity index (χ1n) is 8.66. The molecule has 146 valence electrons. The fourth-order valence-corrected chi connectivity index (χ4v) is 3.29. The van der Waals surface area contributed by atoms with Crippen LogP contribution in [0.15, 0.2) is 24.3 Å². The monoisotopic (exact) mass is 377 g/mol. The van der Waals surface area contributed by atoms with Crippen LogP contribution >= 0.6 is 0 Å². The lowest BCUT2D eigenvalue weighted by Gasteiger charge is -2.29. The van der Waals surface area contributed by atoms with Gasteiger partial charge < -0.3 is 15.3 Å².